The van der Waals surface area contributed by atoms with Crippen LogP contribution in [0.1, 0.15) is 187 Å². The number of hydrogen-bond donors (Lipinski definition) is 2. The van der Waals surface area contributed by atoms with E-state index in [4.69, 9.17) is 24.3 Å². The minimum Gasteiger partial charge on any atom is -0.462 e. The first kappa shape index (κ1) is 50.2. The minimum absolute atomic E-state index is 0.0504. The van der Waals surface area contributed by atoms with E-state index in [1.165, 1.54) is 77.0 Å². The topological polar surface area (TPSA) is 134 Å². The summed E-state index contributed by atoms with van der Waals surface area (Å²) in [4.78, 5) is 34.8. The average Bonchev–Trinajstić information content (AvgIpc) is 3.13. The number of allylic oxidation sites excluding steroid dienone is 6. The number of carbonyl (C=O) groups excluding carboxylic acids is 2. The summed E-state index contributed by atoms with van der Waals surface area (Å²) in [7, 11) is -4.38. The SMILES string of the molecule is CCCC/C=C/C/C=C/CCCCCCCC(=O)OC[C@H](COP(=O)(O)OCCN)OC(=O)CCCCCCCCC/C=C/CCCCCCCC. The van der Waals surface area contributed by atoms with Gasteiger partial charge in [0, 0.05) is 19.4 Å². The fourth-order valence-corrected chi connectivity index (χ4v) is 6.35. The quantitative estimate of drug-likeness (QED) is 0.0272. The van der Waals surface area contributed by atoms with Crippen LogP contribution in [0.25, 0.3) is 0 Å². The zero-order valence-electron chi connectivity index (χ0n) is 33.3. The third kappa shape index (κ3) is 38.0. The lowest BCUT2D eigenvalue weighted by molar-refractivity contribution is -0.161. The van der Waals surface area contributed by atoms with Crippen LogP contribution in [0.5, 0.6) is 0 Å². The van der Waals surface area contributed by atoms with E-state index in [2.05, 4.69) is 50.3 Å². The smallest absolute Gasteiger partial charge is 0.462 e. The Kier molecular flexibility index (Phi) is 37.6. The van der Waals surface area contributed by atoms with Gasteiger partial charge in [-0.05, 0) is 64.2 Å². The molecule has 0 bridgehead atoms. The number of phosphoric acid groups is 1. The first-order valence-corrected chi connectivity index (χ1v) is 22.5. The molecule has 9 nitrogen and oxygen atoms in total. The monoisotopic (exact) mass is 756 g/mol. The van der Waals surface area contributed by atoms with Crippen LogP contribution in [0.3, 0.4) is 0 Å². The molecule has 0 aliphatic carbocycles. The molecule has 1 unspecified atom stereocenters. The van der Waals surface area contributed by atoms with E-state index in [9.17, 15) is 19.0 Å². The standard InChI is InChI=1S/C42H78NO8P/c1-3-5-7-9-11-13-15-17-19-20-21-23-25-27-29-31-33-35-42(45)51-40(39-50-52(46,47)49-37-36-43)38-48-41(44)34-32-30-28-26-24-22-18-16-14-12-10-8-6-4-2/h10,12,16-19,40H,3-9,11,13-15,20-39,43H2,1-2H3,(H,46,47)/b12-10+,18-16+,19-17+/t40-/m1/s1. The van der Waals surface area contributed by atoms with Crippen LogP contribution in [0.4, 0.5) is 0 Å². The summed E-state index contributed by atoms with van der Waals surface area (Å²) < 4.78 is 32.7. The summed E-state index contributed by atoms with van der Waals surface area (Å²) in [6.07, 6.45) is 41.7. The molecule has 0 fully saturated rings. The van der Waals surface area contributed by atoms with Gasteiger partial charge in [0.2, 0.25) is 0 Å². The maximum atomic E-state index is 12.6. The molecule has 0 aromatic rings. The predicted octanol–water partition coefficient (Wildman–Crippen LogP) is 11.8. The van der Waals surface area contributed by atoms with Crippen molar-refractivity contribution in [3.8, 4) is 0 Å². The van der Waals surface area contributed by atoms with Gasteiger partial charge < -0.3 is 20.1 Å². The number of phosphoric ester groups is 1. The van der Waals surface area contributed by atoms with Gasteiger partial charge in [-0.15, -0.1) is 0 Å². The molecule has 3 N–H and O–H groups in total. The molecule has 0 spiro atoms. The average molecular weight is 756 g/mol. The third-order valence-corrected chi connectivity index (χ3v) is 9.73. The number of hydrogen-bond acceptors (Lipinski definition) is 8. The molecule has 0 saturated heterocycles. The Labute approximate surface area is 318 Å². The number of nitrogens with two attached hydrogens (primary N) is 1. The van der Waals surface area contributed by atoms with Gasteiger partial charge in [-0.2, -0.15) is 0 Å². The molecule has 0 aromatic carbocycles. The first-order valence-electron chi connectivity index (χ1n) is 21.0. The van der Waals surface area contributed by atoms with Gasteiger partial charge in [0.25, 0.3) is 0 Å². The van der Waals surface area contributed by atoms with Gasteiger partial charge in [-0.1, -0.05) is 147 Å². The van der Waals surface area contributed by atoms with Gasteiger partial charge in [0.05, 0.1) is 13.2 Å². The normalized spacial score (nSPS) is 13.7. The number of ether oxygens (including phenoxy) is 2. The highest BCUT2D eigenvalue weighted by atomic mass is 31.2. The maximum Gasteiger partial charge on any atom is 0.472 e. The molecule has 0 heterocycles. The lowest BCUT2D eigenvalue weighted by Crippen LogP contribution is -2.29. The van der Waals surface area contributed by atoms with Crippen LogP contribution in [0.2, 0.25) is 0 Å². The molecule has 0 amide bonds. The van der Waals surface area contributed by atoms with Crippen LogP contribution in [0.15, 0.2) is 36.5 Å². The molecular weight excluding hydrogens is 677 g/mol. The predicted molar refractivity (Wildman–Crippen MR) is 215 cm³/mol. The molecule has 0 radical (unpaired) electrons. The van der Waals surface area contributed by atoms with Crippen molar-refractivity contribution in [3.63, 3.8) is 0 Å². The van der Waals surface area contributed by atoms with Crippen LogP contribution in [0, 0.1) is 0 Å². The first-order chi connectivity index (χ1) is 25.3. The summed E-state index contributed by atoms with van der Waals surface area (Å²) in [5.74, 6) is -0.849. The van der Waals surface area contributed by atoms with Crippen molar-refractivity contribution in [3.05, 3.63) is 36.5 Å². The van der Waals surface area contributed by atoms with E-state index in [0.29, 0.717) is 12.8 Å². The highest BCUT2D eigenvalue weighted by Crippen LogP contribution is 2.43. The number of unbranched alkanes of at least 4 members (excludes halogenated alkanes) is 20. The largest absolute Gasteiger partial charge is 0.472 e. The molecule has 304 valence electrons. The van der Waals surface area contributed by atoms with Gasteiger partial charge in [0.15, 0.2) is 6.10 Å². The lowest BCUT2D eigenvalue weighted by atomic mass is 10.1. The van der Waals surface area contributed by atoms with Crippen molar-refractivity contribution in [2.24, 2.45) is 5.73 Å². The molecule has 0 saturated carbocycles. The molecule has 52 heavy (non-hydrogen) atoms. The van der Waals surface area contributed by atoms with E-state index in [1.807, 2.05) is 0 Å². The fraction of sp³-hybridized carbons (Fsp3) is 0.810. The summed E-state index contributed by atoms with van der Waals surface area (Å²) in [6.45, 7) is 3.67. The Morgan fingerprint density at radius 2 is 1.02 bits per heavy atom. The molecule has 0 aliphatic rings. The molecule has 0 aliphatic heterocycles. The minimum atomic E-state index is -4.38. The zero-order chi connectivity index (χ0) is 38.2. The summed E-state index contributed by atoms with van der Waals surface area (Å²) in [5, 5.41) is 0. The number of esters is 2. The van der Waals surface area contributed by atoms with Crippen LogP contribution in [-0.2, 0) is 32.7 Å². The highest BCUT2D eigenvalue weighted by molar-refractivity contribution is 7.47. The Balaban J connectivity index is 4.19. The van der Waals surface area contributed by atoms with E-state index in [1.54, 1.807) is 0 Å². The second kappa shape index (κ2) is 38.9. The summed E-state index contributed by atoms with van der Waals surface area (Å²) >= 11 is 0. The summed E-state index contributed by atoms with van der Waals surface area (Å²) in [5.41, 5.74) is 5.34. The highest BCUT2D eigenvalue weighted by Gasteiger charge is 2.26. The zero-order valence-corrected chi connectivity index (χ0v) is 34.2. The Morgan fingerprint density at radius 1 is 0.577 bits per heavy atom. The fourth-order valence-electron chi connectivity index (χ4n) is 5.59. The number of carbonyl (C=O) groups is 2. The van der Waals surface area contributed by atoms with Crippen molar-refractivity contribution in [2.75, 3.05) is 26.4 Å². The van der Waals surface area contributed by atoms with E-state index >= 15 is 0 Å². The van der Waals surface area contributed by atoms with Crippen molar-refractivity contribution in [1.29, 1.82) is 0 Å². The molecular formula is C42H78NO8P. The number of rotatable bonds is 39. The molecule has 0 rings (SSSR count). The van der Waals surface area contributed by atoms with Crippen molar-refractivity contribution >= 4 is 19.8 Å². The van der Waals surface area contributed by atoms with Crippen LogP contribution >= 0.6 is 7.82 Å². The van der Waals surface area contributed by atoms with Gasteiger partial charge >= 0.3 is 19.8 Å². The van der Waals surface area contributed by atoms with Crippen molar-refractivity contribution < 1.29 is 37.6 Å². The van der Waals surface area contributed by atoms with Gasteiger partial charge in [-0.3, -0.25) is 18.6 Å². The second-order valence-electron chi connectivity index (χ2n) is 13.8. The third-order valence-electron chi connectivity index (χ3n) is 8.75. The van der Waals surface area contributed by atoms with Crippen molar-refractivity contribution in [2.45, 2.75) is 193 Å². The maximum absolute atomic E-state index is 12.6. The van der Waals surface area contributed by atoms with Gasteiger partial charge in [-0.25, -0.2) is 4.57 Å². The molecule has 10 heteroatoms. The Bertz CT molecular complexity index is 954. The van der Waals surface area contributed by atoms with Crippen LogP contribution < -0.4 is 5.73 Å². The Hall–Kier alpha value is -1.77. The second-order valence-corrected chi connectivity index (χ2v) is 15.3. The van der Waals surface area contributed by atoms with Crippen molar-refractivity contribution in [1.82, 2.24) is 0 Å². The Morgan fingerprint density at radius 3 is 1.54 bits per heavy atom. The van der Waals surface area contributed by atoms with E-state index < -0.39 is 32.5 Å². The lowest BCUT2D eigenvalue weighted by Gasteiger charge is -2.19. The van der Waals surface area contributed by atoms with Gasteiger partial charge in [0.1, 0.15) is 6.61 Å². The molecule has 0 aromatic heterocycles. The van der Waals surface area contributed by atoms with E-state index in [0.717, 1.165) is 70.6 Å². The van der Waals surface area contributed by atoms with E-state index in [-0.39, 0.29) is 32.6 Å². The molecule has 2 atom stereocenters. The van der Waals surface area contributed by atoms with Crippen LogP contribution in [-0.4, -0.2) is 49.3 Å². The summed E-state index contributed by atoms with van der Waals surface area (Å²) in [6, 6.07) is 0.